The fourth-order valence-corrected chi connectivity index (χ4v) is 4.27. The average molecular weight is 264 g/mol. The summed E-state index contributed by atoms with van der Waals surface area (Å²) in [6.07, 6.45) is 4.02. The van der Waals surface area contributed by atoms with E-state index in [1.165, 1.54) is 22.0 Å². The Morgan fingerprint density at radius 2 is 1.46 bits per heavy atom. The number of rotatable bonds is 0. The lowest BCUT2D eigenvalue weighted by molar-refractivity contribution is 1.96. The summed E-state index contributed by atoms with van der Waals surface area (Å²) in [5, 5.41) is 6.10. The number of thioether (sulfide) groups is 1. The van der Waals surface area contributed by atoms with Crippen LogP contribution in [0.15, 0.2) is 31.8 Å². The summed E-state index contributed by atoms with van der Waals surface area (Å²) >= 11 is 1.60. The van der Waals surface area contributed by atoms with E-state index in [4.69, 9.17) is 0 Å². The second-order valence-electron chi connectivity index (χ2n) is 1.91. The molecular weight excluding hydrogens is 260 g/mol. The Bertz CT molecular complexity index is 276. The lowest BCUT2D eigenvalue weighted by Gasteiger charge is -2.05. The van der Waals surface area contributed by atoms with Gasteiger partial charge in [0.25, 0.3) is 0 Å². The molecule has 13 heavy (non-hydrogen) atoms. The first-order valence-corrected chi connectivity index (χ1v) is 8.43. The van der Waals surface area contributed by atoms with Crippen molar-refractivity contribution in [3.8, 4) is 0 Å². The summed E-state index contributed by atoms with van der Waals surface area (Å²) in [5.74, 6) is 0. The summed E-state index contributed by atoms with van der Waals surface area (Å²) in [6.45, 7) is 0. The second kappa shape index (κ2) is 5.45. The van der Waals surface area contributed by atoms with Gasteiger partial charge in [0.05, 0.1) is 0 Å². The molecule has 0 bridgehead atoms. The van der Waals surface area contributed by atoms with Gasteiger partial charge >= 0.3 is 0 Å². The molecule has 2 nitrogen and oxygen atoms in total. The van der Waals surface area contributed by atoms with Gasteiger partial charge in [-0.2, -0.15) is 8.80 Å². The Labute approximate surface area is 96.6 Å². The lowest BCUT2D eigenvalue weighted by atomic mass is 10.7. The van der Waals surface area contributed by atoms with E-state index in [0.29, 0.717) is 0 Å². The molecular formula is C6H4N2S5. The molecule has 0 aromatic rings. The van der Waals surface area contributed by atoms with Crippen molar-refractivity contribution in [3.05, 3.63) is 23.0 Å². The predicted molar refractivity (Wildman–Crippen MR) is 71.1 cm³/mol. The topological polar surface area (TPSA) is 24.7 Å². The van der Waals surface area contributed by atoms with Crippen molar-refractivity contribution in [1.29, 1.82) is 0 Å². The fourth-order valence-electron chi connectivity index (χ4n) is 0.611. The highest BCUT2D eigenvalue weighted by atomic mass is 33.1. The van der Waals surface area contributed by atoms with Crippen LogP contribution in [0.25, 0.3) is 0 Å². The third kappa shape index (κ3) is 3.32. The minimum Gasteiger partial charge on any atom is -0.197 e. The molecule has 0 aromatic heterocycles. The standard InChI is InChI=1S/C6H4N2S5/c1-3-9-12-7-5(1)11-6-2-4-10-13-8-6/h1-4H. The van der Waals surface area contributed by atoms with Crippen LogP contribution in [0.1, 0.15) is 0 Å². The summed E-state index contributed by atoms with van der Waals surface area (Å²) < 4.78 is 8.53. The summed E-state index contributed by atoms with van der Waals surface area (Å²) in [7, 11) is 6.25. The van der Waals surface area contributed by atoms with Gasteiger partial charge in [0, 0.05) is 22.0 Å². The molecule has 0 unspecified atom stereocenters. The zero-order valence-corrected chi connectivity index (χ0v) is 10.3. The first kappa shape index (κ1) is 10.1. The van der Waals surface area contributed by atoms with E-state index < -0.39 is 0 Å². The van der Waals surface area contributed by atoms with E-state index in [2.05, 4.69) is 8.80 Å². The molecule has 2 heterocycles. The van der Waals surface area contributed by atoms with E-state index in [0.717, 1.165) is 10.1 Å². The fraction of sp³-hybridized carbons (Fsp3) is 0. The third-order valence-electron chi connectivity index (χ3n) is 1.08. The van der Waals surface area contributed by atoms with E-state index in [-0.39, 0.29) is 0 Å². The molecule has 0 fully saturated rings. The summed E-state index contributed by atoms with van der Waals surface area (Å²) in [4.78, 5) is 0. The third-order valence-corrected chi connectivity index (χ3v) is 5.03. The zero-order valence-electron chi connectivity index (χ0n) is 6.25. The molecule has 2 aliphatic rings. The maximum Gasteiger partial charge on any atom is 0.112 e. The number of hydrogen-bond donors (Lipinski definition) is 0. The molecule has 0 radical (unpaired) electrons. The maximum absolute atomic E-state index is 4.27. The van der Waals surface area contributed by atoms with Gasteiger partial charge in [-0.3, -0.25) is 0 Å². The molecule has 0 saturated carbocycles. The minimum absolute atomic E-state index is 1.01. The van der Waals surface area contributed by atoms with Crippen molar-refractivity contribution < 1.29 is 0 Å². The highest BCUT2D eigenvalue weighted by Crippen LogP contribution is 2.34. The van der Waals surface area contributed by atoms with Gasteiger partial charge in [-0.1, -0.05) is 0 Å². The van der Waals surface area contributed by atoms with Crippen LogP contribution >= 0.6 is 55.3 Å². The van der Waals surface area contributed by atoms with Gasteiger partial charge in [0.2, 0.25) is 0 Å². The van der Waals surface area contributed by atoms with Crippen molar-refractivity contribution >= 4 is 65.4 Å². The molecule has 0 aromatic carbocycles. The Morgan fingerprint density at radius 1 is 0.923 bits per heavy atom. The van der Waals surface area contributed by atoms with Crippen LogP contribution in [0.3, 0.4) is 0 Å². The van der Waals surface area contributed by atoms with Crippen molar-refractivity contribution in [2.75, 3.05) is 0 Å². The SMILES string of the molecule is C1=CC(SC2=NSSC=C2)=NSS1. The molecule has 0 atom stereocenters. The van der Waals surface area contributed by atoms with Gasteiger partial charge in [0.15, 0.2) is 0 Å². The van der Waals surface area contributed by atoms with Gasteiger partial charge in [-0.05, 0) is 56.3 Å². The minimum atomic E-state index is 1.01. The molecule has 2 aliphatic heterocycles. The van der Waals surface area contributed by atoms with Crippen molar-refractivity contribution in [2.45, 2.75) is 0 Å². The van der Waals surface area contributed by atoms with Crippen LogP contribution in [-0.4, -0.2) is 10.1 Å². The van der Waals surface area contributed by atoms with E-state index >= 15 is 0 Å². The lowest BCUT2D eigenvalue weighted by Crippen LogP contribution is -1.94. The van der Waals surface area contributed by atoms with Crippen molar-refractivity contribution in [1.82, 2.24) is 0 Å². The molecule has 0 amide bonds. The molecule has 0 saturated heterocycles. The van der Waals surface area contributed by atoms with E-state index in [9.17, 15) is 0 Å². The Hall–Kier alpha value is 0.570. The predicted octanol–water partition coefficient (Wildman–Crippen LogP) is 4.16. The summed E-state index contributed by atoms with van der Waals surface area (Å²) in [6, 6.07) is 0. The summed E-state index contributed by atoms with van der Waals surface area (Å²) in [5.41, 5.74) is 0. The maximum atomic E-state index is 4.27. The number of hydrogen-bond acceptors (Lipinski definition) is 7. The molecule has 0 spiro atoms. The van der Waals surface area contributed by atoms with Gasteiger partial charge in [-0.15, -0.1) is 0 Å². The van der Waals surface area contributed by atoms with Crippen LogP contribution in [0, 0.1) is 0 Å². The Morgan fingerprint density at radius 3 is 1.85 bits per heavy atom. The van der Waals surface area contributed by atoms with Crippen LogP contribution in [0.4, 0.5) is 0 Å². The highest BCUT2D eigenvalue weighted by molar-refractivity contribution is 8.78. The van der Waals surface area contributed by atoms with Crippen molar-refractivity contribution in [3.63, 3.8) is 0 Å². The van der Waals surface area contributed by atoms with E-state index in [1.807, 2.05) is 23.0 Å². The molecule has 68 valence electrons. The molecule has 2 rings (SSSR count). The Kier molecular flexibility index (Phi) is 4.23. The Balaban J connectivity index is 1.97. The quantitative estimate of drug-likeness (QED) is 0.483. The average Bonchev–Trinajstić information content (AvgIpc) is 2.21. The smallest absolute Gasteiger partial charge is 0.112 e. The first-order chi connectivity index (χ1) is 6.45. The van der Waals surface area contributed by atoms with Crippen molar-refractivity contribution in [2.24, 2.45) is 8.80 Å². The normalized spacial score (nSPS) is 21.2. The molecule has 0 N–H and O–H groups in total. The highest BCUT2D eigenvalue weighted by Gasteiger charge is 2.06. The van der Waals surface area contributed by atoms with Gasteiger partial charge in [-0.25, -0.2) is 0 Å². The van der Waals surface area contributed by atoms with Gasteiger partial charge < -0.3 is 0 Å². The van der Waals surface area contributed by atoms with Crippen LogP contribution in [0.2, 0.25) is 0 Å². The van der Waals surface area contributed by atoms with Crippen LogP contribution in [-0.2, 0) is 0 Å². The largest absolute Gasteiger partial charge is 0.197 e. The molecule has 7 heteroatoms. The molecule has 0 aliphatic carbocycles. The van der Waals surface area contributed by atoms with E-state index in [1.54, 1.807) is 33.3 Å². The second-order valence-corrected chi connectivity index (χ2v) is 6.59. The number of nitrogens with zero attached hydrogens (tertiary/aromatic N) is 2. The van der Waals surface area contributed by atoms with Crippen LogP contribution < -0.4 is 0 Å². The monoisotopic (exact) mass is 264 g/mol. The zero-order chi connectivity index (χ0) is 8.93. The van der Waals surface area contributed by atoms with Gasteiger partial charge in [0.1, 0.15) is 10.1 Å². The first-order valence-electron chi connectivity index (χ1n) is 3.27. The van der Waals surface area contributed by atoms with Crippen LogP contribution in [0.5, 0.6) is 0 Å².